The summed E-state index contributed by atoms with van der Waals surface area (Å²) in [5.41, 5.74) is 6.67. The number of benzene rings is 2. The lowest BCUT2D eigenvalue weighted by molar-refractivity contribution is -0.140. The maximum Gasteiger partial charge on any atom is 0.253 e. The van der Waals surface area contributed by atoms with E-state index in [1.165, 1.54) is 17.1 Å². The van der Waals surface area contributed by atoms with Crippen molar-refractivity contribution in [3.05, 3.63) is 89.9 Å². The van der Waals surface area contributed by atoms with Gasteiger partial charge in [0, 0.05) is 62.1 Å². The molecule has 15 heteroatoms. The third-order valence-corrected chi connectivity index (χ3v) is 9.74. The Bertz CT molecular complexity index is 1880. The van der Waals surface area contributed by atoms with E-state index in [4.69, 9.17) is 10.7 Å². The highest BCUT2D eigenvalue weighted by atomic mass is 19.1. The fourth-order valence-corrected chi connectivity index (χ4v) is 7.02. The van der Waals surface area contributed by atoms with E-state index in [1.54, 1.807) is 10.8 Å². The van der Waals surface area contributed by atoms with E-state index in [2.05, 4.69) is 10.6 Å². The van der Waals surface area contributed by atoms with Crippen LogP contribution in [0.1, 0.15) is 63.9 Å². The molecule has 2 aliphatic rings. The summed E-state index contributed by atoms with van der Waals surface area (Å²) in [5.74, 6) is -3.47. The average molecular weight is 748 g/mol. The highest BCUT2D eigenvalue weighted by Gasteiger charge is 2.39. The summed E-state index contributed by atoms with van der Waals surface area (Å²) in [6, 6.07) is 10.4. The lowest BCUT2D eigenvalue weighted by Crippen LogP contribution is -2.49. The zero-order chi connectivity index (χ0) is 39.2. The number of aromatic nitrogens is 2. The van der Waals surface area contributed by atoms with Crippen LogP contribution in [-0.4, -0.2) is 92.3 Å². The number of nitrogens with two attached hydrogens (primary N) is 1. The van der Waals surface area contributed by atoms with Gasteiger partial charge in [0.2, 0.25) is 17.7 Å². The molecule has 1 aromatic heterocycles. The topological polar surface area (TPSA) is 180 Å². The molecule has 5 N–H and O–H groups in total. The normalized spacial score (nSPS) is 18.2. The SMILES string of the molecule is CC(C)(C)[C@H](c1nc(-c2cc(F)ccc2F)cn1Cc1ccccc1)N(CC[C@H](N)C(=O)NC1CCC(C(=O)NCCN2C(=O)C=CC2=O)C1)C(=O)CO. The molecule has 0 saturated heterocycles. The molecule has 1 fully saturated rings. The average Bonchev–Trinajstić information content (AvgIpc) is 3.86. The van der Waals surface area contributed by atoms with Gasteiger partial charge in [0.05, 0.1) is 17.8 Å². The van der Waals surface area contributed by atoms with E-state index < -0.39 is 59.4 Å². The van der Waals surface area contributed by atoms with Gasteiger partial charge in [0.15, 0.2) is 0 Å². The van der Waals surface area contributed by atoms with Gasteiger partial charge >= 0.3 is 0 Å². The highest BCUT2D eigenvalue weighted by Crippen LogP contribution is 2.39. The van der Waals surface area contributed by atoms with Crippen molar-refractivity contribution >= 4 is 29.5 Å². The second kappa shape index (κ2) is 17.2. The zero-order valence-corrected chi connectivity index (χ0v) is 30.6. The molecule has 13 nitrogen and oxygen atoms in total. The van der Waals surface area contributed by atoms with Crippen LogP contribution in [0.2, 0.25) is 0 Å². The molecule has 2 unspecified atom stereocenters. The van der Waals surface area contributed by atoms with Crippen LogP contribution >= 0.6 is 0 Å². The van der Waals surface area contributed by atoms with Gasteiger partial charge in [-0.3, -0.25) is 28.9 Å². The van der Waals surface area contributed by atoms with Crippen molar-refractivity contribution in [2.75, 3.05) is 26.2 Å². The van der Waals surface area contributed by atoms with Crippen molar-refractivity contribution in [3.8, 4) is 11.3 Å². The maximum absolute atomic E-state index is 15.0. The number of aliphatic hydroxyl groups excluding tert-OH is 1. The Kier molecular flexibility index (Phi) is 12.7. The molecule has 0 radical (unpaired) electrons. The number of nitrogens with zero attached hydrogens (tertiary/aromatic N) is 4. The molecule has 54 heavy (non-hydrogen) atoms. The van der Waals surface area contributed by atoms with Crippen molar-refractivity contribution in [2.45, 2.75) is 71.1 Å². The number of carbonyl (C=O) groups is 5. The first-order valence-electron chi connectivity index (χ1n) is 18.0. The van der Waals surface area contributed by atoms with E-state index >= 15 is 4.39 Å². The number of amides is 5. The third kappa shape index (κ3) is 9.63. The van der Waals surface area contributed by atoms with Gasteiger partial charge < -0.3 is 30.9 Å². The van der Waals surface area contributed by atoms with Crippen LogP contribution in [0.25, 0.3) is 11.3 Å². The molecule has 0 bridgehead atoms. The minimum atomic E-state index is -1.04. The Morgan fingerprint density at radius 3 is 2.43 bits per heavy atom. The summed E-state index contributed by atoms with van der Waals surface area (Å²) in [6.07, 6.45) is 5.45. The monoisotopic (exact) mass is 747 g/mol. The van der Waals surface area contributed by atoms with Crippen LogP contribution in [0.15, 0.2) is 66.9 Å². The maximum atomic E-state index is 15.0. The quantitative estimate of drug-likeness (QED) is 0.172. The van der Waals surface area contributed by atoms with Gasteiger partial charge in [0.1, 0.15) is 24.1 Å². The van der Waals surface area contributed by atoms with Crippen LogP contribution in [-0.2, 0) is 30.5 Å². The summed E-state index contributed by atoms with van der Waals surface area (Å²) in [7, 11) is 0. The fraction of sp³-hybridized carbons (Fsp3) is 0.436. The van der Waals surface area contributed by atoms with E-state index in [0.29, 0.717) is 31.6 Å². The number of imide groups is 1. The Morgan fingerprint density at radius 2 is 1.76 bits per heavy atom. The predicted molar refractivity (Wildman–Crippen MR) is 195 cm³/mol. The lowest BCUT2D eigenvalue weighted by Gasteiger charge is -2.40. The third-order valence-electron chi connectivity index (χ3n) is 9.74. The van der Waals surface area contributed by atoms with Gasteiger partial charge in [0.25, 0.3) is 11.8 Å². The number of hydrogen-bond acceptors (Lipinski definition) is 8. The molecular formula is C39H47F2N7O6. The standard InChI is InChI=1S/C39H47F2N7O6/c1-39(2,3)35(36-45-31(28-20-26(40)10-12-29(28)41)22-46(36)21-24-7-5-4-6-8-24)48(34(52)23-49)17-15-30(42)38(54)44-27-11-9-25(19-27)37(53)43-16-18-47-32(50)13-14-33(47)51/h4-8,10,12-14,20,22,25,27,30,35,49H,9,11,15-19,21,23,42H2,1-3H3,(H,43,53)(H,44,54)/t25?,27?,30-,35-/m0/s1. The first-order chi connectivity index (χ1) is 25.7. The van der Waals surface area contributed by atoms with Gasteiger partial charge in [-0.1, -0.05) is 51.1 Å². The number of hydrogen-bond donors (Lipinski definition) is 4. The van der Waals surface area contributed by atoms with Crippen LogP contribution in [0.3, 0.4) is 0 Å². The minimum absolute atomic E-state index is 0.0222. The Morgan fingerprint density at radius 1 is 1.06 bits per heavy atom. The number of aliphatic hydroxyl groups is 1. The predicted octanol–water partition coefficient (Wildman–Crippen LogP) is 2.83. The summed E-state index contributed by atoms with van der Waals surface area (Å²) in [5, 5.41) is 15.8. The Hall–Kier alpha value is -5.28. The number of carbonyl (C=O) groups excluding carboxylic acids is 5. The molecule has 1 saturated carbocycles. The fourth-order valence-electron chi connectivity index (χ4n) is 7.02. The molecule has 2 aromatic carbocycles. The number of nitrogens with one attached hydrogen (secondary N) is 2. The molecule has 1 aliphatic heterocycles. The molecule has 1 aliphatic carbocycles. The second-order valence-corrected chi connectivity index (χ2v) is 14.8. The van der Waals surface area contributed by atoms with Crippen molar-refractivity contribution in [3.63, 3.8) is 0 Å². The van der Waals surface area contributed by atoms with Gasteiger partial charge in [-0.2, -0.15) is 0 Å². The summed E-state index contributed by atoms with van der Waals surface area (Å²) >= 11 is 0. The zero-order valence-electron chi connectivity index (χ0n) is 30.6. The minimum Gasteiger partial charge on any atom is -0.387 e. The van der Waals surface area contributed by atoms with Crippen LogP contribution in [0, 0.1) is 23.0 Å². The van der Waals surface area contributed by atoms with Crippen molar-refractivity contribution in [2.24, 2.45) is 17.1 Å². The molecule has 5 amide bonds. The molecule has 2 heterocycles. The smallest absolute Gasteiger partial charge is 0.253 e. The van der Waals surface area contributed by atoms with Gasteiger partial charge in [-0.25, -0.2) is 13.8 Å². The number of rotatable bonds is 15. The van der Waals surface area contributed by atoms with E-state index in [1.807, 2.05) is 51.1 Å². The molecule has 4 atom stereocenters. The first kappa shape index (κ1) is 39.9. The molecule has 5 rings (SSSR count). The van der Waals surface area contributed by atoms with Crippen molar-refractivity contribution in [1.82, 2.24) is 30.0 Å². The number of imidazole rings is 1. The van der Waals surface area contributed by atoms with E-state index in [0.717, 1.165) is 28.7 Å². The van der Waals surface area contributed by atoms with Crippen molar-refractivity contribution in [1.29, 1.82) is 0 Å². The number of halogens is 2. The van der Waals surface area contributed by atoms with Crippen LogP contribution < -0.4 is 16.4 Å². The first-order valence-corrected chi connectivity index (χ1v) is 18.0. The molecular weight excluding hydrogens is 700 g/mol. The lowest BCUT2D eigenvalue weighted by atomic mass is 9.84. The summed E-state index contributed by atoms with van der Waals surface area (Å²) in [4.78, 5) is 70.2. The Labute approximate surface area is 312 Å². The Balaban J connectivity index is 1.28. The summed E-state index contributed by atoms with van der Waals surface area (Å²) in [6.45, 7) is 5.28. The van der Waals surface area contributed by atoms with Crippen LogP contribution in [0.5, 0.6) is 0 Å². The summed E-state index contributed by atoms with van der Waals surface area (Å²) < 4.78 is 31.1. The van der Waals surface area contributed by atoms with Crippen LogP contribution in [0.4, 0.5) is 8.78 Å². The van der Waals surface area contributed by atoms with E-state index in [-0.39, 0.29) is 55.2 Å². The van der Waals surface area contributed by atoms with Crippen molar-refractivity contribution < 1.29 is 37.9 Å². The van der Waals surface area contributed by atoms with E-state index in [9.17, 15) is 33.5 Å². The molecule has 0 spiro atoms. The second-order valence-electron chi connectivity index (χ2n) is 14.8. The molecule has 288 valence electrons. The highest BCUT2D eigenvalue weighted by molar-refractivity contribution is 6.12. The molecule has 3 aromatic rings. The van der Waals surface area contributed by atoms with Gasteiger partial charge in [-0.05, 0) is 54.9 Å². The largest absolute Gasteiger partial charge is 0.387 e. The van der Waals surface area contributed by atoms with Gasteiger partial charge in [-0.15, -0.1) is 0 Å².